The highest BCUT2D eigenvalue weighted by Gasteiger charge is 2.21. The summed E-state index contributed by atoms with van der Waals surface area (Å²) in [6, 6.07) is 13.1. The van der Waals surface area contributed by atoms with E-state index in [1.807, 2.05) is 0 Å². The molecule has 0 saturated heterocycles. The fourth-order valence-electron chi connectivity index (χ4n) is 2.59. The van der Waals surface area contributed by atoms with Gasteiger partial charge in [0.05, 0.1) is 0 Å². The minimum absolute atomic E-state index is 0.360. The number of allylic oxidation sites excluding steroid dienone is 2. The molecule has 3 rings (SSSR count). The van der Waals surface area contributed by atoms with Gasteiger partial charge in [-0.3, -0.25) is 0 Å². The van der Waals surface area contributed by atoms with Crippen LogP contribution < -0.4 is 0 Å². The molecule has 77 valence electrons. The molecule has 0 nitrogen and oxygen atoms in total. The van der Waals surface area contributed by atoms with Crippen molar-refractivity contribution in [1.82, 2.24) is 0 Å². The molecule has 0 aromatic heterocycles. The highest BCUT2D eigenvalue weighted by Crippen LogP contribution is 2.40. The first-order chi connectivity index (χ1) is 7.70. The van der Waals surface area contributed by atoms with E-state index in [2.05, 4.69) is 60.5 Å². The molecule has 0 N–H and O–H groups in total. The normalized spacial score (nSPS) is 19.3. The highest BCUT2D eigenvalue weighted by molar-refractivity contribution is 6.18. The molecule has 1 aliphatic rings. The lowest BCUT2D eigenvalue weighted by molar-refractivity contribution is 1.09. The van der Waals surface area contributed by atoms with Gasteiger partial charge in [-0.1, -0.05) is 42.0 Å². The Balaban J connectivity index is 2.52. The van der Waals surface area contributed by atoms with Gasteiger partial charge in [-0.15, -0.1) is 0 Å². The van der Waals surface area contributed by atoms with E-state index in [1.165, 1.54) is 33.0 Å². The Morgan fingerprint density at radius 2 is 1.69 bits per heavy atom. The third-order valence-corrected chi connectivity index (χ3v) is 4.42. The van der Waals surface area contributed by atoms with Crippen LogP contribution in [0.15, 0.2) is 42.0 Å². The van der Waals surface area contributed by atoms with Gasteiger partial charge in [0.15, 0.2) is 0 Å². The zero-order chi connectivity index (χ0) is 11.3. The van der Waals surface area contributed by atoms with E-state index in [0.29, 0.717) is 5.54 Å². The Morgan fingerprint density at radius 1 is 1.00 bits per heavy atom. The fourth-order valence-corrected chi connectivity index (χ4v) is 3.04. The number of benzene rings is 2. The molecule has 1 unspecified atom stereocenters. The summed E-state index contributed by atoms with van der Waals surface area (Å²) < 4.78 is 0. The minimum Gasteiger partial charge on any atom is -0.0658 e. The first kappa shape index (κ1) is 9.85. The van der Waals surface area contributed by atoms with Crippen molar-refractivity contribution in [2.45, 2.75) is 19.4 Å². The molecule has 16 heavy (non-hydrogen) atoms. The molecule has 0 fully saturated rings. The van der Waals surface area contributed by atoms with Gasteiger partial charge in [-0.05, 0) is 46.9 Å². The highest BCUT2D eigenvalue weighted by atomic mass is 28.1. The smallest absolute Gasteiger partial charge is 0.0392 e. The largest absolute Gasteiger partial charge is 0.0658 e. The van der Waals surface area contributed by atoms with Gasteiger partial charge < -0.3 is 0 Å². The molecular formula is C15H13Si. The Kier molecular flexibility index (Phi) is 2.05. The Morgan fingerprint density at radius 3 is 2.44 bits per heavy atom. The Hall–Kier alpha value is -1.34. The average Bonchev–Trinajstić information content (AvgIpc) is 2.33. The molecule has 0 spiro atoms. The van der Waals surface area contributed by atoms with Gasteiger partial charge >= 0.3 is 0 Å². The third kappa shape index (κ3) is 1.15. The van der Waals surface area contributed by atoms with Crippen LogP contribution in [0.4, 0.5) is 0 Å². The monoisotopic (exact) mass is 221 g/mol. The van der Waals surface area contributed by atoms with Crippen molar-refractivity contribution >= 4 is 26.6 Å². The third-order valence-electron chi connectivity index (χ3n) is 3.68. The summed E-state index contributed by atoms with van der Waals surface area (Å²) in [4.78, 5) is 0. The van der Waals surface area contributed by atoms with Gasteiger partial charge in [-0.2, -0.15) is 0 Å². The predicted octanol–water partition coefficient (Wildman–Crippen LogP) is 3.86. The molecule has 0 aliphatic heterocycles. The van der Waals surface area contributed by atoms with Crippen LogP contribution in [0.5, 0.6) is 0 Å². The molecule has 1 aliphatic carbocycles. The molecule has 1 atom stereocenters. The minimum atomic E-state index is 0.360. The van der Waals surface area contributed by atoms with Gasteiger partial charge in [0.2, 0.25) is 0 Å². The van der Waals surface area contributed by atoms with Crippen LogP contribution in [0, 0.1) is 0 Å². The summed E-state index contributed by atoms with van der Waals surface area (Å²) in [6.45, 7) is 4.43. The summed E-state index contributed by atoms with van der Waals surface area (Å²) in [5, 5.41) is 2.75. The maximum atomic E-state index is 3.85. The number of hydrogen-bond acceptors (Lipinski definition) is 0. The zero-order valence-electron chi connectivity index (χ0n) is 9.54. The molecular weight excluding hydrogens is 208 g/mol. The van der Waals surface area contributed by atoms with Crippen LogP contribution in [0.3, 0.4) is 0 Å². The van der Waals surface area contributed by atoms with Crippen LogP contribution >= 0.6 is 0 Å². The summed E-state index contributed by atoms with van der Waals surface area (Å²) in [5.41, 5.74) is 5.97. The first-order valence-corrected chi connectivity index (χ1v) is 6.18. The maximum absolute atomic E-state index is 3.85. The van der Waals surface area contributed by atoms with E-state index < -0.39 is 0 Å². The van der Waals surface area contributed by atoms with Crippen molar-refractivity contribution in [2.24, 2.45) is 0 Å². The molecule has 3 radical (unpaired) electrons. The molecule has 0 heterocycles. The van der Waals surface area contributed by atoms with Crippen molar-refractivity contribution in [3.05, 3.63) is 53.1 Å². The lowest BCUT2D eigenvalue weighted by Gasteiger charge is -2.25. The lowest BCUT2D eigenvalue weighted by Crippen LogP contribution is -2.08. The van der Waals surface area contributed by atoms with Crippen molar-refractivity contribution in [3.8, 4) is 0 Å². The predicted molar refractivity (Wildman–Crippen MR) is 70.7 cm³/mol. The van der Waals surface area contributed by atoms with Crippen LogP contribution in [-0.4, -0.2) is 10.2 Å². The fraction of sp³-hybridized carbons (Fsp3) is 0.200. The van der Waals surface area contributed by atoms with E-state index in [1.54, 1.807) is 0 Å². The molecule has 0 amide bonds. The van der Waals surface area contributed by atoms with Crippen LogP contribution in [-0.2, 0) is 0 Å². The standard InChI is InChI=1S/C15H13Si/c1-9-10(2)15(16)13-8-4-6-11-5-3-7-12(9)14(11)13/h3-8,15H,1-2H3. The van der Waals surface area contributed by atoms with Crippen molar-refractivity contribution < 1.29 is 0 Å². The summed E-state index contributed by atoms with van der Waals surface area (Å²) in [6.07, 6.45) is 0. The second-order valence-corrected chi connectivity index (χ2v) is 5.07. The van der Waals surface area contributed by atoms with Crippen molar-refractivity contribution in [1.29, 1.82) is 0 Å². The molecule has 0 saturated carbocycles. The average molecular weight is 221 g/mol. The van der Waals surface area contributed by atoms with Gasteiger partial charge in [0, 0.05) is 10.2 Å². The van der Waals surface area contributed by atoms with E-state index in [-0.39, 0.29) is 0 Å². The summed E-state index contributed by atoms with van der Waals surface area (Å²) >= 11 is 0. The van der Waals surface area contributed by atoms with Gasteiger partial charge in [-0.25, -0.2) is 0 Å². The second kappa shape index (κ2) is 3.32. The van der Waals surface area contributed by atoms with Gasteiger partial charge in [0.25, 0.3) is 0 Å². The molecule has 2 aromatic rings. The van der Waals surface area contributed by atoms with Crippen LogP contribution in [0.1, 0.15) is 30.5 Å². The second-order valence-electron chi connectivity index (χ2n) is 4.49. The molecule has 1 heteroatoms. The maximum Gasteiger partial charge on any atom is 0.0392 e. The van der Waals surface area contributed by atoms with E-state index in [0.717, 1.165) is 0 Å². The number of rotatable bonds is 0. The SMILES string of the molecule is CC1=C(C)C([Si])c2cccc3cccc1c23. The lowest BCUT2D eigenvalue weighted by atomic mass is 9.84. The van der Waals surface area contributed by atoms with Crippen LogP contribution in [0.25, 0.3) is 16.3 Å². The topological polar surface area (TPSA) is 0 Å². The summed E-state index contributed by atoms with van der Waals surface area (Å²) in [7, 11) is 3.85. The molecule has 2 aromatic carbocycles. The summed E-state index contributed by atoms with van der Waals surface area (Å²) in [5.74, 6) is 0. The Labute approximate surface area is 99.4 Å². The van der Waals surface area contributed by atoms with Crippen molar-refractivity contribution in [2.75, 3.05) is 0 Å². The molecule has 0 bridgehead atoms. The number of hydrogen-bond donors (Lipinski definition) is 0. The van der Waals surface area contributed by atoms with E-state index in [9.17, 15) is 0 Å². The first-order valence-electron chi connectivity index (χ1n) is 5.60. The quantitative estimate of drug-likeness (QED) is 0.593. The van der Waals surface area contributed by atoms with E-state index in [4.69, 9.17) is 0 Å². The van der Waals surface area contributed by atoms with E-state index >= 15 is 0 Å². The van der Waals surface area contributed by atoms with Crippen molar-refractivity contribution in [3.63, 3.8) is 0 Å². The Bertz CT molecular complexity index is 603. The van der Waals surface area contributed by atoms with Crippen LogP contribution in [0.2, 0.25) is 0 Å². The zero-order valence-corrected chi connectivity index (χ0v) is 10.5. The van der Waals surface area contributed by atoms with Gasteiger partial charge in [0.1, 0.15) is 0 Å².